The van der Waals surface area contributed by atoms with E-state index in [1.807, 2.05) is 30.3 Å². The third-order valence-corrected chi connectivity index (χ3v) is 6.61. The topological polar surface area (TPSA) is 119 Å². The molecule has 3 saturated heterocycles. The maximum atomic E-state index is 12.3. The lowest BCUT2D eigenvalue weighted by Crippen LogP contribution is -2.65. The minimum absolute atomic E-state index is 0.00195. The van der Waals surface area contributed by atoms with E-state index in [9.17, 15) is 14.7 Å². The number of likely N-dealkylation sites (tertiary alicyclic amines) is 1. The van der Waals surface area contributed by atoms with Gasteiger partial charge in [0.1, 0.15) is 12.7 Å². The van der Waals surface area contributed by atoms with Crippen LogP contribution in [0.4, 0.5) is 9.59 Å². The normalized spacial score (nSPS) is 30.3. The molecule has 3 aliphatic rings. The zero-order valence-corrected chi connectivity index (χ0v) is 21.3. The maximum Gasteiger partial charge on any atom is 0.409 e. The summed E-state index contributed by atoms with van der Waals surface area (Å²) in [5.74, 6) is -2.19. The summed E-state index contributed by atoms with van der Waals surface area (Å²) in [6, 6.07) is 9.54. The van der Waals surface area contributed by atoms with Crippen molar-refractivity contribution < 1.29 is 38.4 Å². The molecule has 3 heterocycles. The highest BCUT2D eigenvalue weighted by molar-refractivity contribution is 5.67. The van der Waals surface area contributed by atoms with Crippen molar-refractivity contribution in [1.29, 1.82) is 0 Å². The van der Waals surface area contributed by atoms with Crippen molar-refractivity contribution in [2.24, 2.45) is 0 Å². The first kappa shape index (κ1) is 26.6. The lowest BCUT2D eigenvalue weighted by Gasteiger charge is -2.45. The van der Waals surface area contributed by atoms with Crippen LogP contribution in [0, 0.1) is 0 Å². The molecule has 36 heavy (non-hydrogen) atoms. The molecule has 0 radical (unpaired) electrons. The molecule has 0 aliphatic carbocycles. The fraction of sp³-hybridized carbons (Fsp3) is 0.680. The zero-order valence-electron chi connectivity index (χ0n) is 21.3. The van der Waals surface area contributed by atoms with Crippen LogP contribution in [0.15, 0.2) is 30.3 Å². The summed E-state index contributed by atoms with van der Waals surface area (Å²) in [7, 11) is 3.15. The van der Waals surface area contributed by atoms with Gasteiger partial charge in [0.25, 0.3) is 0 Å². The van der Waals surface area contributed by atoms with Gasteiger partial charge >= 0.3 is 12.2 Å². The minimum Gasteiger partial charge on any atom is -0.445 e. The number of fused-ring (bicyclic) bond motifs is 1. The molecule has 1 aromatic rings. The lowest BCUT2D eigenvalue weighted by molar-refractivity contribution is -0.297. The average Bonchev–Trinajstić information content (AvgIpc) is 3.12. The van der Waals surface area contributed by atoms with E-state index in [0.717, 1.165) is 18.4 Å². The number of ether oxygens (including phenoxy) is 5. The number of amides is 2. The standard InChI is InChI=1S/C25H37N3O8/c1-24(2)35-21-20(34-23(31)27(3)4)19(29)15-33-25(21,36-24)16-28-12-10-18(11-13-28)26-22(30)32-14-17-8-6-5-7-9-17/h5-9,18-21,29H,10-16H2,1-4H3,(H,26,30)/t19-,20-,21+,25+/m1/s1. The molecule has 2 amide bonds. The highest BCUT2D eigenvalue weighted by atomic mass is 16.8. The van der Waals surface area contributed by atoms with Crippen molar-refractivity contribution in [3.63, 3.8) is 0 Å². The summed E-state index contributed by atoms with van der Waals surface area (Å²) in [4.78, 5) is 28.0. The van der Waals surface area contributed by atoms with Crippen LogP contribution in [0.5, 0.6) is 0 Å². The first-order valence-electron chi connectivity index (χ1n) is 12.3. The van der Waals surface area contributed by atoms with E-state index in [2.05, 4.69) is 10.2 Å². The number of alkyl carbamates (subject to hydrolysis) is 1. The maximum absolute atomic E-state index is 12.3. The molecule has 0 saturated carbocycles. The molecule has 11 nitrogen and oxygen atoms in total. The molecular weight excluding hydrogens is 470 g/mol. The zero-order chi connectivity index (χ0) is 25.9. The summed E-state index contributed by atoms with van der Waals surface area (Å²) >= 11 is 0. The molecule has 4 rings (SSSR count). The van der Waals surface area contributed by atoms with Crippen LogP contribution >= 0.6 is 0 Å². The SMILES string of the molecule is CN(C)C(=O)O[C@@H]1[C@H](O)CO[C@@]2(CN3CCC(NC(=O)OCc4ccccc4)CC3)OC(C)(C)O[C@@H]12. The van der Waals surface area contributed by atoms with E-state index in [4.69, 9.17) is 23.7 Å². The Balaban J connectivity index is 1.32. The summed E-state index contributed by atoms with van der Waals surface area (Å²) in [6.07, 6.45) is -2.32. The van der Waals surface area contributed by atoms with Gasteiger partial charge in [0.2, 0.25) is 5.79 Å². The fourth-order valence-electron chi connectivity index (χ4n) is 4.85. The van der Waals surface area contributed by atoms with Gasteiger partial charge in [0, 0.05) is 33.2 Å². The van der Waals surface area contributed by atoms with Gasteiger partial charge in [0.15, 0.2) is 18.0 Å². The van der Waals surface area contributed by atoms with Crippen LogP contribution in [-0.2, 0) is 30.3 Å². The van der Waals surface area contributed by atoms with E-state index in [1.165, 1.54) is 4.90 Å². The number of carbonyl (C=O) groups excluding carboxylic acids is 2. The Kier molecular flexibility index (Phi) is 8.06. The van der Waals surface area contributed by atoms with Gasteiger partial charge in [-0.2, -0.15) is 0 Å². The third-order valence-electron chi connectivity index (χ3n) is 6.61. The minimum atomic E-state index is -1.20. The van der Waals surface area contributed by atoms with Crippen molar-refractivity contribution >= 4 is 12.2 Å². The first-order chi connectivity index (χ1) is 17.1. The second-order valence-corrected chi connectivity index (χ2v) is 10.2. The Morgan fingerprint density at radius 3 is 2.56 bits per heavy atom. The number of hydrogen-bond donors (Lipinski definition) is 2. The number of benzene rings is 1. The molecule has 0 unspecified atom stereocenters. The van der Waals surface area contributed by atoms with E-state index in [-0.39, 0.29) is 19.3 Å². The second-order valence-electron chi connectivity index (χ2n) is 10.2. The number of nitrogens with one attached hydrogen (secondary N) is 1. The molecule has 0 spiro atoms. The molecule has 3 fully saturated rings. The predicted octanol–water partition coefficient (Wildman–Crippen LogP) is 1.68. The highest BCUT2D eigenvalue weighted by Crippen LogP contribution is 2.44. The largest absolute Gasteiger partial charge is 0.445 e. The summed E-state index contributed by atoms with van der Waals surface area (Å²) in [6.45, 7) is 5.47. The van der Waals surface area contributed by atoms with Crippen LogP contribution in [0.2, 0.25) is 0 Å². The number of carbonyl (C=O) groups is 2. The Bertz CT molecular complexity index is 906. The second kappa shape index (κ2) is 10.9. The lowest BCUT2D eigenvalue weighted by atomic mass is 9.95. The number of aliphatic hydroxyl groups is 1. The molecule has 1 aromatic carbocycles. The van der Waals surface area contributed by atoms with Crippen molar-refractivity contribution in [1.82, 2.24) is 15.1 Å². The number of piperidine rings is 1. The third kappa shape index (κ3) is 6.27. The smallest absolute Gasteiger partial charge is 0.409 e. The summed E-state index contributed by atoms with van der Waals surface area (Å²) < 4.78 is 29.3. The van der Waals surface area contributed by atoms with Gasteiger partial charge in [-0.15, -0.1) is 0 Å². The fourth-order valence-corrected chi connectivity index (χ4v) is 4.85. The number of hydrogen-bond acceptors (Lipinski definition) is 9. The summed E-state index contributed by atoms with van der Waals surface area (Å²) in [5, 5.41) is 13.5. The molecular formula is C25H37N3O8. The van der Waals surface area contributed by atoms with Crippen LogP contribution in [0.3, 0.4) is 0 Å². The molecule has 0 bridgehead atoms. The molecule has 2 N–H and O–H groups in total. The van der Waals surface area contributed by atoms with E-state index in [0.29, 0.717) is 19.6 Å². The number of rotatable bonds is 6. The molecule has 11 heteroatoms. The Labute approximate surface area is 211 Å². The summed E-state index contributed by atoms with van der Waals surface area (Å²) in [5.41, 5.74) is 0.935. The van der Waals surface area contributed by atoms with E-state index < -0.39 is 42.1 Å². The van der Waals surface area contributed by atoms with Crippen LogP contribution in [0.25, 0.3) is 0 Å². The van der Waals surface area contributed by atoms with Gasteiger partial charge in [0.05, 0.1) is 13.2 Å². The Morgan fingerprint density at radius 1 is 1.19 bits per heavy atom. The number of nitrogens with zero attached hydrogens (tertiary/aromatic N) is 2. The molecule has 200 valence electrons. The van der Waals surface area contributed by atoms with Gasteiger partial charge in [-0.25, -0.2) is 9.59 Å². The van der Waals surface area contributed by atoms with Gasteiger partial charge in [-0.3, -0.25) is 4.90 Å². The van der Waals surface area contributed by atoms with E-state index >= 15 is 0 Å². The van der Waals surface area contributed by atoms with Crippen molar-refractivity contribution in [3.05, 3.63) is 35.9 Å². The van der Waals surface area contributed by atoms with Crippen LogP contribution in [0.1, 0.15) is 32.3 Å². The quantitative estimate of drug-likeness (QED) is 0.593. The van der Waals surface area contributed by atoms with Crippen molar-refractivity contribution in [2.45, 2.75) is 69.2 Å². The average molecular weight is 508 g/mol. The van der Waals surface area contributed by atoms with Crippen LogP contribution < -0.4 is 5.32 Å². The van der Waals surface area contributed by atoms with Crippen LogP contribution in [-0.4, -0.2) is 103 Å². The molecule has 4 atom stereocenters. The van der Waals surface area contributed by atoms with Gasteiger partial charge in [-0.05, 0) is 32.3 Å². The van der Waals surface area contributed by atoms with Crippen molar-refractivity contribution in [3.8, 4) is 0 Å². The molecule has 0 aromatic heterocycles. The van der Waals surface area contributed by atoms with Gasteiger partial charge < -0.3 is 39.0 Å². The molecule has 3 aliphatic heterocycles. The van der Waals surface area contributed by atoms with E-state index in [1.54, 1.807) is 27.9 Å². The first-order valence-corrected chi connectivity index (χ1v) is 12.3. The highest BCUT2D eigenvalue weighted by Gasteiger charge is 2.63. The Morgan fingerprint density at radius 2 is 1.89 bits per heavy atom. The number of aliphatic hydroxyl groups excluding tert-OH is 1. The van der Waals surface area contributed by atoms with Crippen molar-refractivity contribution in [2.75, 3.05) is 40.3 Å². The monoisotopic (exact) mass is 507 g/mol. The predicted molar refractivity (Wildman–Crippen MR) is 128 cm³/mol. The Hall–Kier alpha value is -2.44. The van der Waals surface area contributed by atoms with Gasteiger partial charge in [-0.1, -0.05) is 30.3 Å².